The molecule has 6 heteroatoms. The number of nitrogens with one attached hydrogen (secondary N) is 1. The van der Waals surface area contributed by atoms with Gasteiger partial charge in [-0.05, 0) is 24.4 Å². The van der Waals surface area contributed by atoms with Crippen molar-refractivity contribution in [2.75, 3.05) is 11.9 Å². The minimum absolute atomic E-state index is 0.0705. The lowest BCUT2D eigenvalue weighted by Crippen LogP contribution is -2.23. The van der Waals surface area contributed by atoms with Gasteiger partial charge in [0.25, 0.3) is 5.91 Å². The van der Waals surface area contributed by atoms with Crippen LogP contribution in [0, 0.1) is 0 Å². The van der Waals surface area contributed by atoms with Gasteiger partial charge >= 0.3 is 0 Å². The van der Waals surface area contributed by atoms with E-state index in [1.807, 2.05) is 0 Å². The summed E-state index contributed by atoms with van der Waals surface area (Å²) in [5, 5.41) is 7.45. The molecule has 0 unspecified atom stereocenters. The Morgan fingerprint density at radius 3 is 3.00 bits per heavy atom. The van der Waals surface area contributed by atoms with Crippen LogP contribution in [-0.2, 0) is 0 Å². The Bertz CT molecular complexity index is 266. The average molecular weight is 278 g/mol. The summed E-state index contributed by atoms with van der Waals surface area (Å²) in [6.07, 6.45) is 4.78. The molecule has 1 amide bonds. The number of amides is 1. The van der Waals surface area contributed by atoms with Crippen LogP contribution >= 0.6 is 27.5 Å². The van der Waals surface area contributed by atoms with Gasteiger partial charge in [0.2, 0.25) is 0 Å². The van der Waals surface area contributed by atoms with Crippen molar-refractivity contribution in [1.82, 2.24) is 14.9 Å². The van der Waals surface area contributed by atoms with E-state index in [4.69, 9.17) is 0 Å². The highest BCUT2D eigenvalue weighted by atomic mass is 79.9. The Labute approximate surface area is 95.4 Å². The first kappa shape index (κ1) is 11.6. The third-order valence-electron chi connectivity index (χ3n) is 1.68. The molecule has 1 rings (SSSR count). The lowest BCUT2D eigenvalue weighted by atomic mass is 10.2. The zero-order valence-electron chi connectivity index (χ0n) is 7.70. The van der Waals surface area contributed by atoms with E-state index in [0.717, 1.165) is 42.7 Å². The van der Waals surface area contributed by atoms with E-state index in [1.165, 1.54) is 6.20 Å². The van der Waals surface area contributed by atoms with Gasteiger partial charge in [0.05, 0.1) is 6.20 Å². The molecule has 0 aliphatic rings. The normalized spacial score (nSPS) is 10.1. The molecule has 14 heavy (non-hydrogen) atoms. The number of hydrogen-bond donors (Lipinski definition) is 1. The molecule has 0 atom stereocenters. The van der Waals surface area contributed by atoms with Crippen LogP contribution < -0.4 is 5.32 Å². The smallest absolute Gasteiger partial charge is 0.264 e. The molecule has 0 saturated heterocycles. The summed E-state index contributed by atoms with van der Waals surface area (Å²) in [7, 11) is 0. The van der Waals surface area contributed by atoms with Crippen molar-refractivity contribution in [2.24, 2.45) is 0 Å². The van der Waals surface area contributed by atoms with E-state index in [1.54, 1.807) is 0 Å². The number of carbonyl (C=O) groups is 1. The highest BCUT2D eigenvalue weighted by Crippen LogP contribution is 2.01. The quantitative estimate of drug-likeness (QED) is 0.638. The maximum atomic E-state index is 11.3. The van der Waals surface area contributed by atoms with Crippen LogP contribution in [0.15, 0.2) is 6.20 Å². The molecule has 0 aromatic carbocycles. The first-order chi connectivity index (χ1) is 6.84. The molecule has 0 aliphatic carbocycles. The van der Waals surface area contributed by atoms with E-state index in [0.29, 0.717) is 4.88 Å². The van der Waals surface area contributed by atoms with Gasteiger partial charge in [0.15, 0.2) is 0 Å². The van der Waals surface area contributed by atoms with Gasteiger partial charge in [0, 0.05) is 11.9 Å². The van der Waals surface area contributed by atoms with Gasteiger partial charge < -0.3 is 5.32 Å². The van der Waals surface area contributed by atoms with Crippen molar-refractivity contribution in [3.63, 3.8) is 0 Å². The molecule has 0 saturated carbocycles. The first-order valence-electron chi connectivity index (χ1n) is 4.46. The van der Waals surface area contributed by atoms with Crippen molar-refractivity contribution in [3.8, 4) is 0 Å². The molecule has 4 nitrogen and oxygen atoms in total. The van der Waals surface area contributed by atoms with Crippen LogP contribution in [0.2, 0.25) is 0 Å². The molecular formula is C8H12BrN3OS. The predicted molar refractivity (Wildman–Crippen MR) is 59.9 cm³/mol. The fourth-order valence-electron chi connectivity index (χ4n) is 0.953. The van der Waals surface area contributed by atoms with Gasteiger partial charge in [-0.2, -0.15) is 0 Å². The second-order valence-electron chi connectivity index (χ2n) is 2.79. The van der Waals surface area contributed by atoms with Crippen LogP contribution in [0.1, 0.15) is 28.9 Å². The number of nitrogens with zero attached hydrogens (tertiary/aromatic N) is 2. The van der Waals surface area contributed by atoms with E-state index in [9.17, 15) is 4.79 Å². The zero-order chi connectivity index (χ0) is 10.2. The number of unbranched alkanes of at least 4 members (excludes halogenated alkanes) is 2. The molecule has 1 heterocycles. The highest BCUT2D eigenvalue weighted by molar-refractivity contribution is 9.09. The SMILES string of the molecule is O=C(NCCCCCBr)c1cnns1. The molecule has 1 N–H and O–H groups in total. The molecule has 0 fully saturated rings. The zero-order valence-corrected chi connectivity index (χ0v) is 10.1. The van der Waals surface area contributed by atoms with Crippen molar-refractivity contribution in [2.45, 2.75) is 19.3 Å². The lowest BCUT2D eigenvalue weighted by Gasteiger charge is -2.01. The Morgan fingerprint density at radius 1 is 1.50 bits per heavy atom. The third-order valence-corrected chi connectivity index (χ3v) is 2.91. The maximum absolute atomic E-state index is 11.3. The van der Waals surface area contributed by atoms with Crippen LogP contribution in [0.4, 0.5) is 0 Å². The van der Waals surface area contributed by atoms with Gasteiger partial charge in [-0.15, -0.1) is 5.10 Å². The second-order valence-corrected chi connectivity index (χ2v) is 4.37. The van der Waals surface area contributed by atoms with E-state index < -0.39 is 0 Å². The molecule has 0 spiro atoms. The van der Waals surface area contributed by atoms with Gasteiger partial charge in [0.1, 0.15) is 4.88 Å². The second kappa shape index (κ2) is 6.89. The minimum atomic E-state index is -0.0705. The summed E-state index contributed by atoms with van der Waals surface area (Å²) in [4.78, 5) is 11.9. The molecule has 0 bridgehead atoms. The van der Waals surface area contributed by atoms with E-state index >= 15 is 0 Å². The molecular weight excluding hydrogens is 266 g/mol. The number of halogens is 1. The molecule has 1 aromatic rings. The third kappa shape index (κ3) is 4.15. The summed E-state index contributed by atoms with van der Waals surface area (Å²) < 4.78 is 3.63. The van der Waals surface area contributed by atoms with Crippen molar-refractivity contribution >= 4 is 33.4 Å². The Hall–Kier alpha value is -0.490. The first-order valence-corrected chi connectivity index (χ1v) is 6.35. The Balaban J connectivity index is 2.10. The number of alkyl halides is 1. The Kier molecular flexibility index (Phi) is 5.70. The highest BCUT2D eigenvalue weighted by Gasteiger charge is 2.06. The average Bonchev–Trinajstić information content (AvgIpc) is 2.70. The van der Waals surface area contributed by atoms with Gasteiger partial charge in [-0.1, -0.05) is 26.8 Å². The fraction of sp³-hybridized carbons (Fsp3) is 0.625. The number of rotatable bonds is 6. The molecule has 78 valence electrons. The largest absolute Gasteiger partial charge is 0.351 e. The summed E-state index contributed by atoms with van der Waals surface area (Å²) in [6, 6.07) is 0. The lowest BCUT2D eigenvalue weighted by molar-refractivity contribution is 0.0957. The summed E-state index contributed by atoms with van der Waals surface area (Å²) in [5.41, 5.74) is 0. The predicted octanol–water partition coefficient (Wildman–Crippen LogP) is 1.83. The summed E-state index contributed by atoms with van der Waals surface area (Å²) >= 11 is 4.48. The summed E-state index contributed by atoms with van der Waals surface area (Å²) in [5.74, 6) is -0.0705. The number of carbonyl (C=O) groups excluding carboxylic acids is 1. The van der Waals surface area contributed by atoms with E-state index in [-0.39, 0.29) is 5.91 Å². The Morgan fingerprint density at radius 2 is 2.36 bits per heavy atom. The number of aromatic nitrogens is 2. The van der Waals surface area contributed by atoms with E-state index in [2.05, 4.69) is 30.8 Å². The number of hydrogen-bond acceptors (Lipinski definition) is 4. The van der Waals surface area contributed by atoms with Crippen LogP contribution in [0.25, 0.3) is 0 Å². The van der Waals surface area contributed by atoms with Gasteiger partial charge in [-0.3, -0.25) is 4.79 Å². The van der Waals surface area contributed by atoms with Crippen LogP contribution in [-0.4, -0.2) is 27.4 Å². The summed E-state index contributed by atoms with van der Waals surface area (Å²) in [6.45, 7) is 0.726. The van der Waals surface area contributed by atoms with Crippen molar-refractivity contribution in [3.05, 3.63) is 11.1 Å². The monoisotopic (exact) mass is 277 g/mol. The maximum Gasteiger partial charge on any atom is 0.264 e. The topological polar surface area (TPSA) is 54.9 Å². The van der Waals surface area contributed by atoms with Gasteiger partial charge in [-0.25, -0.2) is 0 Å². The van der Waals surface area contributed by atoms with Crippen LogP contribution in [0.5, 0.6) is 0 Å². The van der Waals surface area contributed by atoms with Crippen molar-refractivity contribution < 1.29 is 4.79 Å². The molecule has 0 aliphatic heterocycles. The minimum Gasteiger partial charge on any atom is -0.351 e. The molecule has 0 radical (unpaired) electrons. The van der Waals surface area contributed by atoms with Crippen molar-refractivity contribution in [1.29, 1.82) is 0 Å². The molecule has 1 aromatic heterocycles. The van der Waals surface area contributed by atoms with Crippen LogP contribution in [0.3, 0.4) is 0 Å². The standard InChI is InChI=1S/C8H12BrN3OS/c9-4-2-1-3-5-10-8(13)7-6-11-12-14-7/h6H,1-5H2,(H,10,13). The fourth-order valence-corrected chi connectivity index (χ4v) is 1.78.